The molecule has 2 rings (SSSR count). The second kappa shape index (κ2) is 9.02. The number of aryl methyl sites for hydroxylation is 2. The number of benzene rings is 2. The molecular weight excluding hydrogens is 358 g/mol. The monoisotopic (exact) mass is 385 g/mol. The molecular formula is C22H27NO3S. The first kappa shape index (κ1) is 20.9. The summed E-state index contributed by atoms with van der Waals surface area (Å²) in [6, 6.07) is 13.9. The molecule has 0 radical (unpaired) electrons. The molecule has 0 aliphatic heterocycles. The van der Waals surface area contributed by atoms with Gasteiger partial charge in [0.15, 0.2) is 0 Å². The van der Waals surface area contributed by atoms with Crippen molar-refractivity contribution in [3.63, 3.8) is 0 Å². The van der Waals surface area contributed by atoms with Gasteiger partial charge in [-0.1, -0.05) is 60.2 Å². The van der Waals surface area contributed by atoms with Crippen molar-refractivity contribution in [3.8, 4) is 0 Å². The highest BCUT2D eigenvalue weighted by Crippen LogP contribution is 2.28. The van der Waals surface area contributed by atoms with Crippen LogP contribution in [0.4, 0.5) is 0 Å². The van der Waals surface area contributed by atoms with Crippen LogP contribution in [0.15, 0.2) is 77.4 Å². The van der Waals surface area contributed by atoms with Gasteiger partial charge in [0.2, 0.25) is 10.0 Å². The summed E-state index contributed by atoms with van der Waals surface area (Å²) in [4.78, 5) is 0.220. The lowest BCUT2D eigenvalue weighted by Crippen LogP contribution is -2.31. The van der Waals surface area contributed by atoms with Crippen LogP contribution in [0.1, 0.15) is 36.6 Å². The summed E-state index contributed by atoms with van der Waals surface area (Å²) < 4.78 is 34.6. The summed E-state index contributed by atoms with van der Waals surface area (Å²) in [7, 11) is -3.74. The van der Waals surface area contributed by atoms with E-state index >= 15 is 0 Å². The fourth-order valence-corrected chi connectivity index (χ4v) is 3.84. The summed E-state index contributed by atoms with van der Waals surface area (Å²) >= 11 is 0. The second-order valence-electron chi connectivity index (χ2n) is 6.46. The first-order valence-corrected chi connectivity index (χ1v) is 10.4. The van der Waals surface area contributed by atoms with Gasteiger partial charge in [-0.15, -0.1) is 0 Å². The summed E-state index contributed by atoms with van der Waals surface area (Å²) in [5.41, 5.74) is 3.69. The van der Waals surface area contributed by atoms with Gasteiger partial charge in [-0.05, 0) is 51.0 Å². The molecule has 5 heteroatoms. The Morgan fingerprint density at radius 2 is 1.59 bits per heavy atom. The quantitative estimate of drug-likeness (QED) is 0.523. The van der Waals surface area contributed by atoms with E-state index in [2.05, 4.69) is 11.3 Å². The molecule has 0 spiro atoms. The highest BCUT2D eigenvalue weighted by atomic mass is 32.2. The van der Waals surface area contributed by atoms with E-state index in [1.54, 1.807) is 30.3 Å². The van der Waals surface area contributed by atoms with Crippen molar-refractivity contribution >= 4 is 10.0 Å². The molecule has 0 aromatic heterocycles. The molecule has 0 aliphatic carbocycles. The Kier molecular flexibility index (Phi) is 6.99. The summed E-state index contributed by atoms with van der Waals surface area (Å²) in [5, 5.41) is 0. The maximum atomic E-state index is 13.0. The van der Waals surface area contributed by atoms with E-state index in [1.165, 1.54) is 0 Å². The smallest absolute Gasteiger partial charge is 0.241 e. The summed E-state index contributed by atoms with van der Waals surface area (Å²) in [6.07, 6.45) is 1.67. The number of sulfonamides is 1. The van der Waals surface area contributed by atoms with Crippen molar-refractivity contribution < 1.29 is 13.2 Å². The van der Waals surface area contributed by atoms with Gasteiger partial charge in [0.05, 0.1) is 11.5 Å². The van der Waals surface area contributed by atoms with E-state index in [0.29, 0.717) is 12.4 Å². The molecule has 4 nitrogen and oxygen atoms in total. The van der Waals surface area contributed by atoms with E-state index in [0.717, 1.165) is 22.3 Å². The predicted molar refractivity (Wildman–Crippen MR) is 110 cm³/mol. The average Bonchev–Trinajstić information content (AvgIpc) is 2.65. The van der Waals surface area contributed by atoms with Crippen molar-refractivity contribution in [3.05, 3.63) is 89.2 Å². The number of hydrogen-bond donors (Lipinski definition) is 1. The van der Waals surface area contributed by atoms with Crippen molar-refractivity contribution in [1.82, 2.24) is 4.72 Å². The fourth-order valence-electron chi connectivity index (χ4n) is 2.65. The van der Waals surface area contributed by atoms with Gasteiger partial charge < -0.3 is 4.74 Å². The van der Waals surface area contributed by atoms with E-state index in [4.69, 9.17) is 4.74 Å². The Morgan fingerprint density at radius 3 is 2.07 bits per heavy atom. The molecule has 1 N–H and O–H groups in total. The molecule has 0 amide bonds. The van der Waals surface area contributed by atoms with Crippen LogP contribution in [0, 0.1) is 13.8 Å². The van der Waals surface area contributed by atoms with Crippen molar-refractivity contribution in [2.75, 3.05) is 6.61 Å². The lowest BCUT2D eigenvalue weighted by molar-refractivity contribution is 0.202. The molecule has 144 valence electrons. The van der Waals surface area contributed by atoms with Crippen LogP contribution in [0.2, 0.25) is 0 Å². The van der Waals surface area contributed by atoms with Crippen molar-refractivity contribution in [2.45, 2.75) is 38.6 Å². The third-order valence-electron chi connectivity index (χ3n) is 4.27. The zero-order chi connectivity index (χ0) is 20.0. The number of hydrogen-bond acceptors (Lipinski definition) is 3. The van der Waals surface area contributed by atoms with Crippen LogP contribution in [0.5, 0.6) is 0 Å². The fraction of sp³-hybridized carbons (Fsp3) is 0.273. The molecule has 0 saturated heterocycles. The Labute approximate surface area is 162 Å². The van der Waals surface area contributed by atoms with Gasteiger partial charge in [0.25, 0.3) is 0 Å². The lowest BCUT2D eigenvalue weighted by Gasteiger charge is -2.24. The van der Waals surface area contributed by atoms with Crippen LogP contribution in [0.25, 0.3) is 0 Å². The topological polar surface area (TPSA) is 55.4 Å². The largest absolute Gasteiger partial charge is 0.496 e. The van der Waals surface area contributed by atoms with E-state index in [9.17, 15) is 8.42 Å². The first-order valence-electron chi connectivity index (χ1n) is 8.90. The molecule has 0 fully saturated rings. The van der Waals surface area contributed by atoms with Gasteiger partial charge in [-0.2, -0.15) is 4.72 Å². The Balaban J connectivity index is 2.53. The standard InChI is InChI=1S/C22H27NO3S/c1-6-18(5)22(26-7-2)21(19-12-8-16(3)9-13-19)23-27(24,25)20-14-10-17(4)11-15-20/h6,8-15,21,23H,1,7H2,2-5H3/b22-18+. The number of rotatable bonds is 8. The maximum Gasteiger partial charge on any atom is 0.241 e. The average molecular weight is 386 g/mol. The molecule has 2 aromatic carbocycles. The predicted octanol–water partition coefficient (Wildman–Crippen LogP) is 4.82. The minimum absolute atomic E-state index is 0.220. The van der Waals surface area contributed by atoms with Gasteiger partial charge in [0.1, 0.15) is 11.8 Å². The minimum Gasteiger partial charge on any atom is -0.496 e. The highest BCUT2D eigenvalue weighted by molar-refractivity contribution is 7.89. The molecule has 2 aromatic rings. The third kappa shape index (κ3) is 5.31. The van der Waals surface area contributed by atoms with E-state index in [1.807, 2.05) is 52.0 Å². The van der Waals surface area contributed by atoms with Crippen molar-refractivity contribution in [2.24, 2.45) is 0 Å². The van der Waals surface area contributed by atoms with Crippen LogP contribution in [-0.4, -0.2) is 15.0 Å². The molecule has 1 unspecified atom stereocenters. The third-order valence-corrected chi connectivity index (χ3v) is 5.71. The molecule has 1 atom stereocenters. The molecule has 0 aliphatic rings. The van der Waals surface area contributed by atoms with Crippen LogP contribution in [-0.2, 0) is 14.8 Å². The molecule has 27 heavy (non-hydrogen) atoms. The Morgan fingerprint density at radius 1 is 1.07 bits per heavy atom. The van der Waals surface area contributed by atoms with Crippen LogP contribution in [0.3, 0.4) is 0 Å². The van der Waals surface area contributed by atoms with E-state index < -0.39 is 16.1 Å². The van der Waals surface area contributed by atoms with Gasteiger partial charge >= 0.3 is 0 Å². The molecule has 0 bridgehead atoms. The Bertz CT molecular complexity index is 911. The SMILES string of the molecule is C=C/C(C)=C(/OCC)C(NS(=O)(=O)c1ccc(C)cc1)c1ccc(C)cc1. The minimum atomic E-state index is -3.74. The normalized spacial score (nSPS) is 13.6. The molecule has 0 saturated carbocycles. The lowest BCUT2D eigenvalue weighted by atomic mass is 10.0. The first-order chi connectivity index (χ1) is 12.8. The van der Waals surface area contributed by atoms with Crippen LogP contribution >= 0.6 is 0 Å². The molecule has 0 heterocycles. The zero-order valence-electron chi connectivity index (χ0n) is 16.3. The highest BCUT2D eigenvalue weighted by Gasteiger charge is 2.26. The van der Waals surface area contributed by atoms with Gasteiger partial charge in [-0.25, -0.2) is 8.42 Å². The number of ether oxygens (including phenoxy) is 1. The summed E-state index contributed by atoms with van der Waals surface area (Å²) in [5.74, 6) is 0.548. The van der Waals surface area contributed by atoms with Crippen molar-refractivity contribution in [1.29, 1.82) is 0 Å². The zero-order valence-corrected chi connectivity index (χ0v) is 17.1. The summed E-state index contributed by atoms with van der Waals surface area (Å²) in [6.45, 7) is 11.9. The van der Waals surface area contributed by atoms with Gasteiger partial charge in [0, 0.05) is 0 Å². The second-order valence-corrected chi connectivity index (χ2v) is 8.18. The number of allylic oxidation sites excluding steroid dienone is 2. The Hall–Kier alpha value is -2.37. The van der Waals surface area contributed by atoms with E-state index in [-0.39, 0.29) is 4.90 Å². The maximum absolute atomic E-state index is 13.0. The van der Waals surface area contributed by atoms with Gasteiger partial charge in [-0.3, -0.25) is 0 Å². The number of nitrogens with one attached hydrogen (secondary N) is 1. The van der Waals surface area contributed by atoms with Crippen LogP contribution < -0.4 is 4.72 Å².